The molecule has 0 spiro atoms. The summed E-state index contributed by atoms with van der Waals surface area (Å²) in [6.07, 6.45) is 0. The van der Waals surface area contributed by atoms with Crippen LogP contribution in [0.15, 0.2) is 84.9 Å². The lowest BCUT2D eigenvalue weighted by molar-refractivity contribution is -0.131. The van der Waals surface area contributed by atoms with Gasteiger partial charge in [0.1, 0.15) is 5.82 Å². The molecular formula is C26H25FN4O2. The fraction of sp³-hybridized carbons (Fsp3) is 0.231. The first kappa shape index (κ1) is 21.2. The van der Waals surface area contributed by atoms with Crippen LogP contribution in [0.5, 0.6) is 0 Å². The number of benzene rings is 3. The van der Waals surface area contributed by atoms with Crippen LogP contribution in [0.2, 0.25) is 0 Å². The number of imide groups is 1. The summed E-state index contributed by atoms with van der Waals surface area (Å²) in [5, 5.41) is 2.98. The van der Waals surface area contributed by atoms with Gasteiger partial charge in [0.15, 0.2) is 5.54 Å². The summed E-state index contributed by atoms with van der Waals surface area (Å²) < 4.78 is 14.1. The zero-order valence-electron chi connectivity index (χ0n) is 18.2. The molecule has 6 nitrogen and oxygen atoms in total. The van der Waals surface area contributed by atoms with Crippen molar-refractivity contribution < 1.29 is 14.0 Å². The predicted molar refractivity (Wildman–Crippen MR) is 124 cm³/mol. The number of rotatable bonds is 5. The van der Waals surface area contributed by atoms with Gasteiger partial charge in [-0.2, -0.15) is 0 Å². The standard InChI is InChI=1S/C26H25FN4O2/c27-22-13-7-8-14-23(22)30-17-15-29(16-18-30)19-31-24(32)26(28-25(31)33,20-9-3-1-4-10-20)21-11-5-2-6-12-21/h1-14H,15-19H2,(H,28,33). The van der Waals surface area contributed by atoms with E-state index in [0.717, 1.165) is 11.1 Å². The van der Waals surface area contributed by atoms with Crippen molar-refractivity contribution in [3.8, 4) is 0 Å². The zero-order valence-corrected chi connectivity index (χ0v) is 18.2. The van der Waals surface area contributed by atoms with Crippen LogP contribution in [-0.4, -0.2) is 54.6 Å². The Balaban J connectivity index is 1.36. The van der Waals surface area contributed by atoms with Gasteiger partial charge in [0.2, 0.25) is 0 Å². The van der Waals surface area contributed by atoms with Crippen molar-refractivity contribution in [2.24, 2.45) is 0 Å². The Morgan fingerprint density at radius 3 is 1.88 bits per heavy atom. The number of anilines is 1. The molecule has 2 saturated heterocycles. The smallest absolute Gasteiger partial charge is 0.326 e. The molecule has 2 aliphatic rings. The Kier molecular flexibility index (Phi) is 5.56. The SMILES string of the molecule is O=C1NC(c2ccccc2)(c2ccccc2)C(=O)N1CN1CCN(c2ccccc2F)CC1. The van der Waals surface area contributed by atoms with Crippen molar-refractivity contribution in [2.45, 2.75) is 5.54 Å². The Bertz CT molecular complexity index is 1110. The Morgan fingerprint density at radius 2 is 1.30 bits per heavy atom. The Labute approximate surface area is 192 Å². The summed E-state index contributed by atoms with van der Waals surface area (Å²) >= 11 is 0. The Hall–Kier alpha value is -3.71. The third kappa shape index (κ3) is 3.74. The Morgan fingerprint density at radius 1 is 0.758 bits per heavy atom. The quantitative estimate of drug-likeness (QED) is 0.613. The number of hydrogen-bond donors (Lipinski definition) is 1. The van der Waals surface area contributed by atoms with E-state index in [9.17, 15) is 14.0 Å². The minimum Gasteiger partial charge on any atom is -0.367 e. The molecule has 2 heterocycles. The van der Waals surface area contributed by atoms with Crippen LogP contribution in [0.1, 0.15) is 11.1 Å². The highest BCUT2D eigenvalue weighted by atomic mass is 19.1. The number of carbonyl (C=O) groups excluding carboxylic acids is 2. The number of amides is 3. The first-order chi connectivity index (χ1) is 16.1. The van der Waals surface area contributed by atoms with Crippen LogP contribution in [0.4, 0.5) is 14.9 Å². The van der Waals surface area contributed by atoms with E-state index in [4.69, 9.17) is 0 Å². The van der Waals surface area contributed by atoms with Gasteiger partial charge in [0.05, 0.1) is 12.4 Å². The molecule has 5 rings (SSSR count). The molecule has 3 aromatic rings. The highest BCUT2D eigenvalue weighted by Gasteiger charge is 2.53. The van der Waals surface area contributed by atoms with Crippen LogP contribution in [0.3, 0.4) is 0 Å². The molecule has 0 bridgehead atoms. The molecule has 7 heteroatoms. The third-order valence-corrected chi connectivity index (χ3v) is 6.43. The summed E-state index contributed by atoms with van der Waals surface area (Å²) in [7, 11) is 0. The van der Waals surface area contributed by atoms with Crippen molar-refractivity contribution in [1.82, 2.24) is 15.1 Å². The summed E-state index contributed by atoms with van der Waals surface area (Å²) in [6.45, 7) is 2.67. The number of piperazine rings is 1. The molecule has 33 heavy (non-hydrogen) atoms. The number of carbonyl (C=O) groups is 2. The number of nitrogens with zero attached hydrogens (tertiary/aromatic N) is 3. The second-order valence-electron chi connectivity index (χ2n) is 8.34. The van der Waals surface area contributed by atoms with Crippen molar-refractivity contribution in [2.75, 3.05) is 37.7 Å². The van der Waals surface area contributed by atoms with Crippen molar-refractivity contribution in [3.05, 3.63) is 102 Å². The summed E-state index contributed by atoms with van der Waals surface area (Å²) in [6, 6.07) is 25.0. The van der Waals surface area contributed by atoms with Crippen LogP contribution in [0, 0.1) is 5.82 Å². The van der Waals surface area contributed by atoms with Crippen LogP contribution >= 0.6 is 0 Å². The predicted octanol–water partition coefficient (Wildman–Crippen LogP) is 3.40. The van der Waals surface area contributed by atoms with Crippen molar-refractivity contribution in [3.63, 3.8) is 0 Å². The van der Waals surface area contributed by atoms with Crippen LogP contribution in [-0.2, 0) is 10.3 Å². The number of nitrogens with one attached hydrogen (secondary N) is 1. The van der Waals surface area contributed by atoms with Crippen molar-refractivity contribution in [1.29, 1.82) is 0 Å². The van der Waals surface area contributed by atoms with Gasteiger partial charge in [-0.05, 0) is 23.3 Å². The molecule has 0 aromatic heterocycles. The van der Waals surface area contributed by atoms with E-state index in [-0.39, 0.29) is 18.4 Å². The van der Waals surface area contributed by atoms with Gasteiger partial charge < -0.3 is 10.2 Å². The molecule has 2 fully saturated rings. The summed E-state index contributed by atoms with van der Waals surface area (Å²) in [4.78, 5) is 32.2. The lowest BCUT2D eigenvalue weighted by Gasteiger charge is -2.37. The van der Waals surface area contributed by atoms with Crippen LogP contribution in [0.25, 0.3) is 0 Å². The fourth-order valence-corrected chi connectivity index (χ4v) is 4.68. The van der Waals surface area contributed by atoms with E-state index in [0.29, 0.717) is 31.9 Å². The highest BCUT2D eigenvalue weighted by Crippen LogP contribution is 2.36. The average Bonchev–Trinajstić information content (AvgIpc) is 3.12. The monoisotopic (exact) mass is 444 g/mol. The number of hydrogen-bond acceptors (Lipinski definition) is 4. The second-order valence-corrected chi connectivity index (χ2v) is 8.34. The van der Waals surface area contributed by atoms with Gasteiger partial charge in [0.25, 0.3) is 5.91 Å². The van der Waals surface area contributed by atoms with E-state index in [1.807, 2.05) is 71.6 Å². The third-order valence-electron chi connectivity index (χ3n) is 6.43. The molecule has 0 unspecified atom stereocenters. The van der Waals surface area contributed by atoms with Gasteiger partial charge in [-0.1, -0.05) is 72.8 Å². The second kappa shape index (κ2) is 8.67. The highest BCUT2D eigenvalue weighted by molar-refractivity contribution is 6.09. The van der Waals surface area contributed by atoms with Gasteiger partial charge >= 0.3 is 6.03 Å². The van der Waals surface area contributed by atoms with E-state index < -0.39 is 11.6 Å². The molecule has 0 radical (unpaired) electrons. The summed E-state index contributed by atoms with van der Waals surface area (Å²) in [5.41, 5.74) is 0.774. The lowest BCUT2D eigenvalue weighted by Crippen LogP contribution is -2.52. The van der Waals surface area contributed by atoms with E-state index >= 15 is 0 Å². The maximum absolute atomic E-state index is 14.1. The molecular weight excluding hydrogens is 419 g/mol. The van der Waals surface area contributed by atoms with E-state index in [2.05, 4.69) is 10.2 Å². The first-order valence-corrected chi connectivity index (χ1v) is 11.1. The van der Waals surface area contributed by atoms with E-state index in [1.54, 1.807) is 12.1 Å². The molecule has 0 aliphatic carbocycles. The fourth-order valence-electron chi connectivity index (χ4n) is 4.68. The molecule has 2 aliphatic heterocycles. The van der Waals surface area contributed by atoms with Crippen molar-refractivity contribution >= 4 is 17.6 Å². The first-order valence-electron chi connectivity index (χ1n) is 11.1. The number of halogens is 1. The van der Waals surface area contributed by atoms with E-state index in [1.165, 1.54) is 11.0 Å². The maximum atomic E-state index is 14.1. The van der Waals surface area contributed by atoms with Gasteiger partial charge in [-0.15, -0.1) is 0 Å². The maximum Gasteiger partial charge on any atom is 0.326 e. The van der Waals surface area contributed by atoms with Crippen LogP contribution < -0.4 is 10.2 Å². The van der Waals surface area contributed by atoms with Gasteiger partial charge in [0, 0.05) is 26.2 Å². The molecule has 0 saturated carbocycles. The van der Waals surface area contributed by atoms with Gasteiger partial charge in [-0.3, -0.25) is 9.69 Å². The molecule has 168 valence electrons. The minimum atomic E-state index is -1.26. The largest absolute Gasteiger partial charge is 0.367 e. The molecule has 3 aromatic carbocycles. The zero-order chi connectivity index (χ0) is 22.8. The van der Waals surface area contributed by atoms with Gasteiger partial charge in [-0.25, -0.2) is 14.1 Å². The minimum absolute atomic E-state index is 0.192. The lowest BCUT2D eigenvalue weighted by atomic mass is 9.83. The normalized spacial score (nSPS) is 18.5. The summed E-state index contributed by atoms with van der Waals surface area (Å²) in [5.74, 6) is -0.531. The molecule has 3 amide bonds. The molecule has 1 N–H and O–H groups in total. The number of urea groups is 1. The number of para-hydroxylation sites is 1. The average molecular weight is 445 g/mol. The molecule has 0 atom stereocenters. The topological polar surface area (TPSA) is 55.9 Å².